The predicted molar refractivity (Wildman–Crippen MR) is 58.0 cm³/mol. The summed E-state index contributed by atoms with van der Waals surface area (Å²) < 4.78 is 0. The minimum absolute atomic E-state index is 0.0749. The van der Waals surface area contributed by atoms with Gasteiger partial charge in [-0.05, 0) is 0 Å². The molecule has 0 radical (unpaired) electrons. The third-order valence-corrected chi connectivity index (χ3v) is 1.88. The molecule has 5 nitrogen and oxygen atoms in total. The summed E-state index contributed by atoms with van der Waals surface area (Å²) in [5, 5.41) is 5.28. The second-order valence-electron chi connectivity index (χ2n) is 3.05. The van der Waals surface area contributed by atoms with E-state index in [1.807, 2.05) is 0 Å². The number of carbonyl (C=O) groups excluding carboxylic acids is 2. The highest BCUT2D eigenvalue weighted by Gasteiger charge is 2.08. The zero-order valence-corrected chi connectivity index (χ0v) is 9.17. The molecule has 15 heavy (non-hydrogen) atoms. The van der Waals surface area contributed by atoms with Gasteiger partial charge in [-0.15, -0.1) is 6.42 Å². The summed E-state index contributed by atoms with van der Waals surface area (Å²) in [6.07, 6.45) is 5.33. The molecule has 0 bridgehead atoms. The van der Waals surface area contributed by atoms with Gasteiger partial charge in [0.05, 0.1) is 13.1 Å². The van der Waals surface area contributed by atoms with E-state index in [9.17, 15) is 9.59 Å². The summed E-state index contributed by atoms with van der Waals surface area (Å²) in [5.74, 6) is 2.22. The van der Waals surface area contributed by atoms with Gasteiger partial charge in [-0.2, -0.15) is 0 Å². The Kier molecular flexibility index (Phi) is 7.02. The van der Waals surface area contributed by atoms with Crippen LogP contribution in [0.2, 0.25) is 0 Å². The Morgan fingerprint density at radius 3 is 2.67 bits per heavy atom. The third kappa shape index (κ3) is 6.52. The number of hydrogen-bond acceptors (Lipinski definition) is 3. The van der Waals surface area contributed by atoms with Crippen LogP contribution in [0.5, 0.6) is 0 Å². The Labute approximate surface area is 90.2 Å². The molecule has 0 aromatic rings. The average Bonchev–Trinajstić information content (AvgIpc) is 2.25. The van der Waals surface area contributed by atoms with Crippen LogP contribution < -0.4 is 10.6 Å². The van der Waals surface area contributed by atoms with Gasteiger partial charge in [0.1, 0.15) is 0 Å². The van der Waals surface area contributed by atoms with E-state index in [1.165, 1.54) is 4.90 Å². The van der Waals surface area contributed by atoms with Gasteiger partial charge in [0, 0.05) is 27.1 Å². The fraction of sp³-hybridized carbons (Fsp3) is 0.600. The summed E-state index contributed by atoms with van der Waals surface area (Å²) in [6, 6.07) is 0. The number of amides is 2. The summed E-state index contributed by atoms with van der Waals surface area (Å²) in [4.78, 5) is 23.8. The molecule has 0 aliphatic rings. The van der Waals surface area contributed by atoms with Gasteiger partial charge < -0.3 is 10.2 Å². The molecule has 0 aliphatic heterocycles. The Bertz CT molecular complexity index is 258. The number of terminal acetylenes is 1. The molecule has 0 aliphatic carbocycles. The molecule has 0 atom stereocenters. The van der Waals surface area contributed by atoms with Crippen molar-refractivity contribution in [3.05, 3.63) is 0 Å². The molecule has 0 rings (SSSR count). The maximum atomic E-state index is 11.4. The highest BCUT2D eigenvalue weighted by molar-refractivity contribution is 5.79. The highest BCUT2D eigenvalue weighted by Crippen LogP contribution is 1.88. The van der Waals surface area contributed by atoms with E-state index in [1.54, 1.807) is 14.1 Å². The SMILES string of the molecule is C#CCNCC(=O)N(C)CCC(=O)NC. The molecule has 5 heteroatoms. The number of nitrogens with zero attached hydrogens (tertiary/aromatic N) is 1. The van der Waals surface area contributed by atoms with Crippen molar-refractivity contribution in [1.29, 1.82) is 0 Å². The quantitative estimate of drug-likeness (QED) is 0.429. The largest absolute Gasteiger partial charge is 0.359 e. The van der Waals surface area contributed by atoms with Crippen molar-refractivity contribution in [2.75, 3.05) is 33.7 Å². The van der Waals surface area contributed by atoms with Gasteiger partial charge in [0.25, 0.3) is 0 Å². The van der Waals surface area contributed by atoms with Crippen LogP contribution in [0.1, 0.15) is 6.42 Å². The number of hydrogen-bond donors (Lipinski definition) is 2. The van der Waals surface area contributed by atoms with Crippen molar-refractivity contribution < 1.29 is 9.59 Å². The van der Waals surface area contributed by atoms with E-state index < -0.39 is 0 Å². The van der Waals surface area contributed by atoms with Crippen molar-refractivity contribution >= 4 is 11.8 Å². The molecule has 0 saturated heterocycles. The standard InChI is InChI=1S/C10H17N3O2/c1-4-6-12-8-10(15)13(3)7-5-9(14)11-2/h1,12H,5-8H2,2-3H3,(H,11,14). The molecule has 0 aromatic heterocycles. The fourth-order valence-corrected chi connectivity index (χ4v) is 0.896. The topological polar surface area (TPSA) is 61.4 Å². The molecule has 0 saturated carbocycles. The lowest BCUT2D eigenvalue weighted by Crippen LogP contribution is -2.37. The Morgan fingerprint density at radius 1 is 1.47 bits per heavy atom. The smallest absolute Gasteiger partial charge is 0.236 e. The van der Waals surface area contributed by atoms with Crippen LogP contribution >= 0.6 is 0 Å². The van der Waals surface area contributed by atoms with Gasteiger partial charge in [0.2, 0.25) is 11.8 Å². The second-order valence-corrected chi connectivity index (χ2v) is 3.05. The number of carbonyl (C=O) groups is 2. The number of likely N-dealkylation sites (N-methyl/N-ethyl adjacent to an activating group) is 1. The fourth-order valence-electron chi connectivity index (χ4n) is 0.896. The molecule has 0 unspecified atom stereocenters. The minimum atomic E-state index is -0.0776. The zero-order valence-electron chi connectivity index (χ0n) is 9.17. The van der Waals surface area contributed by atoms with Crippen LogP contribution in [0.3, 0.4) is 0 Å². The van der Waals surface area contributed by atoms with Crippen LogP contribution in [0.15, 0.2) is 0 Å². The predicted octanol–water partition coefficient (Wildman–Crippen LogP) is -1.20. The van der Waals surface area contributed by atoms with Gasteiger partial charge in [0.15, 0.2) is 0 Å². The van der Waals surface area contributed by atoms with E-state index in [0.29, 0.717) is 19.5 Å². The Balaban J connectivity index is 3.70. The minimum Gasteiger partial charge on any atom is -0.359 e. The van der Waals surface area contributed by atoms with E-state index in [-0.39, 0.29) is 18.4 Å². The van der Waals surface area contributed by atoms with Crippen LogP contribution in [0, 0.1) is 12.3 Å². The maximum Gasteiger partial charge on any atom is 0.236 e. The van der Waals surface area contributed by atoms with E-state index in [0.717, 1.165) is 0 Å². The van der Waals surface area contributed by atoms with Crippen LogP contribution in [-0.4, -0.2) is 50.4 Å². The van der Waals surface area contributed by atoms with Crippen LogP contribution in [0.25, 0.3) is 0 Å². The lowest BCUT2D eigenvalue weighted by molar-refractivity contribution is -0.129. The summed E-state index contributed by atoms with van der Waals surface area (Å²) in [7, 11) is 3.22. The lowest BCUT2D eigenvalue weighted by Gasteiger charge is -2.16. The third-order valence-electron chi connectivity index (χ3n) is 1.88. The van der Waals surface area contributed by atoms with Crippen LogP contribution in [-0.2, 0) is 9.59 Å². The van der Waals surface area contributed by atoms with Gasteiger partial charge >= 0.3 is 0 Å². The van der Waals surface area contributed by atoms with Gasteiger partial charge in [-0.1, -0.05) is 5.92 Å². The average molecular weight is 211 g/mol. The van der Waals surface area contributed by atoms with Crippen molar-refractivity contribution in [3.8, 4) is 12.3 Å². The van der Waals surface area contributed by atoms with Gasteiger partial charge in [-0.3, -0.25) is 14.9 Å². The molecule has 0 aromatic carbocycles. The summed E-state index contributed by atoms with van der Waals surface area (Å²) in [5.41, 5.74) is 0. The maximum absolute atomic E-state index is 11.4. The second kappa shape index (κ2) is 7.83. The van der Waals surface area contributed by atoms with Crippen LogP contribution in [0.4, 0.5) is 0 Å². The molecule has 0 spiro atoms. The number of rotatable bonds is 6. The normalized spacial score (nSPS) is 9.13. The summed E-state index contributed by atoms with van der Waals surface area (Å²) >= 11 is 0. The van der Waals surface area contributed by atoms with E-state index in [2.05, 4.69) is 16.6 Å². The van der Waals surface area contributed by atoms with E-state index in [4.69, 9.17) is 6.42 Å². The molecule has 0 heterocycles. The van der Waals surface area contributed by atoms with Crippen molar-refractivity contribution in [2.24, 2.45) is 0 Å². The zero-order chi connectivity index (χ0) is 11.7. The first-order valence-electron chi connectivity index (χ1n) is 4.70. The first kappa shape index (κ1) is 13.5. The molecular weight excluding hydrogens is 194 g/mol. The molecular formula is C10H17N3O2. The first-order valence-corrected chi connectivity index (χ1v) is 4.70. The Morgan fingerprint density at radius 2 is 2.13 bits per heavy atom. The number of nitrogens with one attached hydrogen (secondary N) is 2. The summed E-state index contributed by atoms with van der Waals surface area (Å²) in [6.45, 7) is 0.986. The van der Waals surface area contributed by atoms with Crippen molar-refractivity contribution in [1.82, 2.24) is 15.5 Å². The van der Waals surface area contributed by atoms with E-state index >= 15 is 0 Å². The Hall–Kier alpha value is -1.54. The molecule has 2 amide bonds. The van der Waals surface area contributed by atoms with Crippen molar-refractivity contribution in [3.63, 3.8) is 0 Å². The lowest BCUT2D eigenvalue weighted by atomic mass is 10.3. The molecule has 0 fully saturated rings. The monoisotopic (exact) mass is 211 g/mol. The van der Waals surface area contributed by atoms with Gasteiger partial charge in [-0.25, -0.2) is 0 Å². The first-order chi connectivity index (χ1) is 7.11. The van der Waals surface area contributed by atoms with Crippen molar-refractivity contribution in [2.45, 2.75) is 6.42 Å². The molecule has 84 valence electrons. The highest BCUT2D eigenvalue weighted by atomic mass is 16.2. The molecule has 2 N–H and O–H groups in total.